The van der Waals surface area contributed by atoms with E-state index in [0.29, 0.717) is 0 Å². The summed E-state index contributed by atoms with van der Waals surface area (Å²) in [4.78, 5) is 2.38. The van der Waals surface area contributed by atoms with Crippen LogP contribution >= 0.6 is 0 Å². The maximum absolute atomic E-state index is 7.04. The van der Waals surface area contributed by atoms with Crippen LogP contribution < -0.4 is 4.90 Å². The lowest BCUT2D eigenvalue weighted by Gasteiger charge is -2.27. The van der Waals surface area contributed by atoms with Crippen molar-refractivity contribution in [2.75, 3.05) is 4.90 Å². The molecule has 13 aromatic rings. The minimum absolute atomic E-state index is 0.840. The first kappa shape index (κ1) is 36.1. The highest BCUT2D eigenvalue weighted by Gasteiger charge is 2.24. The van der Waals surface area contributed by atoms with Crippen molar-refractivity contribution < 1.29 is 8.83 Å². The standard InChI is InChI=1S/C60H38N2O2/c1-4-14-39(15-5-1)42-25-34-56-51(36-42)52-38-46(30-35-57(52)63-56)61(44-26-28-45(29-27-44)62-53-22-12-10-20-48(53)49-21-11-13-23-54(49)62)55-33-32-47(41-18-8-3-9-19-41)60-59(55)50-31-24-43(37-58(50)64-60)40-16-6-2-7-17-40/h1-38H. The van der Waals surface area contributed by atoms with Gasteiger partial charge in [0, 0.05) is 49.6 Å². The van der Waals surface area contributed by atoms with E-state index in [0.717, 1.165) is 94.4 Å². The summed E-state index contributed by atoms with van der Waals surface area (Å²) in [5.41, 5.74) is 16.6. The number of hydrogen-bond donors (Lipinski definition) is 0. The molecule has 10 aromatic carbocycles. The summed E-state index contributed by atoms with van der Waals surface area (Å²) in [5, 5.41) is 6.71. The molecule has 0 saturated heterocycles. The van der Waals surface area contributed by atoms with Gasteiger partial charge in [-0.2, -0.15) is 0 Å². The molecule has 0 fully saturated rings. The molecule has 0 radical (unpaired) electrons. The molecular formula is C60H38N2O2. The zero-order valence-electron chi connectivity index (χ0n) is 34.7. The summed E-state index contributed by atoms with van der Waals surface area (Å²) in [5.74, 6) is 0. The third-order valence-electron chi connectivity index (χ3n) is 12.8. The van der Waals surface area contributed by atoms with Crippen LogP contribution in [0.25, 0.3) is 105 Å². The fraction of sp³-hybridized carbons (Fsp3) is 0. The summed E-state index contributed by atoms with van der Waals surface area (Å²) < 4.78 is 15.9. The van der Waals surface area contributed by atoms with Crippen LogP contribution in [0.15, 0.2) is 239 Å². The molecule has 0 unspecified atom stereocenters. The summed E-state index contributed by atoms with van der Waals surface area (Å²) in [6.45, 7) is 0. The first-order chi connectivity index (χ1) is 31.7. The van der Waals surface area contributed by atoms with Crippen molar-refractivity contribution in [3.05, 3.63) is 231 Å². The van der Waals surface area contributed by atoms with E-state index in [4.69, 9.17) is 8.83 Å². The predicted octanol–water partition coefficient (Wildman–Crippen LogP) is 17.1. The van der Waals surface area contributed by atoms with Crippen LogP contribution in [0.3, 0.4) is 0 Å². The molecule has 4 heteroatoms. The van der Waals surface area contributed by atoms with Crippen LogP contribution in [0.1, 0.15) is 0 Å². The Morgan fingerprint density at radius 3 is 1.55 bits per heavy atom. The van der Waals surface area contributed by atoms with Crippen molar-refractivity contribution in [3.63, 3.8) is 0 Å². The van der Waals surface area contributed by atoms with Crippen LogP contribution in [-0.2, 0) is 0 Å². The molecule has 0 amide bonds. The van der Waals surface area contributed by atoms with Crippen LogP contribution in [0.4, 0.5) is 17.1 Å². The highest BCUT2D eigenvalue weighted by molar-refractivity contribution is 6.18. The minimum Gasteiger partial charge on any atom is -0.456 e. The molecule has 64 heavy (non-hydrogen) atoms. The van der Waals surface area contributed by atoms with E-state index in [9.17, 15) is 0 Å². The molecule has 0 atom stereocenters. The Labute approximate surface area is 369 Å². The maximum Gasteiger partial charge on any atom is 0.145 e. The van der Waals surface area contributed by atoms with Crippen LogP contribution in [0.2, 0.25) is 0 Å². The quantitative estimate of drug-likeness (QED) is 0.161. The van der Waals surface area contributed by atoms with E-state index in [1.807, 2.05) is 0 Å². The van der Waals surface area contributed by atoms with E-state index in [1.54, 1.807) is 0 Å². The average Bonchev–Trinajstić information content (AvgIpc) is 4.04. The normalized spacial score (nSPS) is 11.8. The van der Waals surface area contributed by atoms with Crippen LogP contribution in [0.5, 0.6) is 0 Å². The first-order valence-corrected chi connectivity index (χ1v) is 21.7. The molecule has 0 bridgehead atoms. The van der Waals surface area contributed by atoms with Gasteiger partial charge < -0.3 is 18.3 Å². The molecule has 300 valence electrons. The Hall–Kier alpha value is -8.60. The monoisotopic (exact) mass is 818 g/mol. The smallest absolute Gasteiger partial charge is 0.145 e. The van der Waals surface area contributed by atoms with Gasteiger partial charge in [-0.05, 0) is 119 Å². The fourth-order valence-corrected chi connectivity index (χ4v) is 9.80. The van der Waals surface area contributed by atoms with E-state index in [2.05, 4.69) is 240 Å². The van der Waals surface area contributed by atoms with Crippen LogP contribution in [-0.4, -0.2) is 4.57 Å². The van der Waals surface area contributed by atoms with E-state index in [-0.39, 0.29) is 0 Å². The van der Waals surface area contributed by atoms with Gasteiger partial charge in [-0.25, -0.2) is 0 Å². The third kappa shape index (κ3) is 5.77. The van der Waals surface area contributed by atoms with Gasteiger partial charge in [0.2, 0.25) is 0 Å². The van der Waals surface area contributed by atoms with Gasteiger partial charge in [0.05, 0.1) is 22.1 Å². The van der Waals surface area contributed by atoms with Gasteiger partial charge in [-0.15, -0.1) is 0 Å². The SMILES string of the molecule is c1ccc(-c2ccc3c(c2)oc2c(-c4ccccc4)ccc(N(c4ccc(-n5c6ccccc6c6ccccc65)cc4)c4ccc5oc6ccc(-c7ccccc7)cc6c5c4)c23)cc1. The molecule has 3 aromatic heterocycles. The minimum atomic E-state index is 0.840. The summed E-state index contributed by atoms with van der Waals surface area (Å²) in [6, 6.07) is 82.1. The molecule has 0 spiro atoms. The molecule has 3 heterocycles. The molecule has 0 aliphatic rings. The first-order valence-electron chi connectivity index (χ1n) is 21.7. The van der Waals surface area contributed by atoms with E-state index >= 15 is 0 Å². The van der Waals surface area contributed by atoms with Crippen molar-refractivity contribution in [1.82, 2.24) is 4.57 Å². The van der Waals surface area contributed by atoms with Crippen molar-refractivity contribution in [2.45, 2.75) is 0 Å². The second kappa shape index (κ2) is 14.5. The molecule has 0 aliphatic heterocycles. The van der Waals surface area contributed by atoms with Gasteiger partial charge >= 0.3 is 0 Å². The van der Waals surface area contributed by atoms with Crippen LogP contribution in [0, 0.1) is 0 Å². The Morgan fingerprint density at radius 2 is 0.875 bits per heavy atom. The molecular weight excluding hydrogens is 781 g/mol. The van der Waals surface area contributed by atoms with Gasteiger partial charge in [0.25, 0.3) is 0 Å². The maximum atomic E-state index is 7.04. The molecule has 4 nitrogen and oxygen atoms in total. The number of fused-ring (bicyclic) bond motifs is 9. The topological polar surface area (TPSA) is 34.5 Å². The van der Waals surface area contributed by atoms with Gasteiger partial charge in [0.15, 0.2) is 0 Å². The summed E-state index contributed by atoms with van der Waals surface area (Å²) in [7, 11) is 0. The second-order valence-corrected chi connectivity index (χ2v) is 16.5. The van der Waals surface area contributed by atoms with E-state index < -0.39 is 0 Å². The third-order valence-corrected chi connectivity index (χ3v) is 12.8. The van der Waals surface area contributed by atoms with Crippen molar-refractivity contribution in [2.24, 2.45) is 0 Å². The lowest BCUT2D eigenvalue weighted by molar-refractivity contribution is 0.669. The summed E-state index contributed by atoms with van der Waals surface area (Å²) >= 11 is 0. The number of para-hydroxylation sites is 2. The van der Waals surface area contributed by atoms with Gasteiger partial charge in [-0.1, -0.05) is 140 Å². The lowest BCUT2D eigenvalue weighted by atomic mass is 9.98. The largest absolute Gasteiger partial charge is 0.456 e. The number of aromatic nitrogens is 1. The second-order valence-electron chi connectivity index (χ2n) is 16.5. The van der Waals surface area contributed by atoms with Crippen molar-refractivity contribution in [3.8, 4) is 39.1 Å². The molecule has 0 saturated carbocycles. The highest BCUT2D eigenvalue weighted by Crippen LogP contribution is 2.48. The Kier molecular flexibility index (Phi) is 8.18. The zero-order chi connectivity index (χ0) is 42.1. The Bertz CT molecular complexity index is 3830. The number of anilines is 3. The summed E-state index contributed by atoms with van der Waals surface area (Å²) in [6.07, 6.45) is 0. The number of benzene rings is 10. The highest BCUT2D eigenvalue weighted by atomic mass is 16.3. The zero-order valence-corrected chi connectivity index (χ0v) is 34.7. The van der Waals surface area contributed by atoms with Crippen molar-refractivity contribution >= 4 is 82.7 Å². The van der Waals surface area contributed by atoms with Gasteiger partial charge in [-0.3, -0.25) is 0 Å². The number of rotatable bonds is 7. The Balaban J connectivity index is 1.06. The average molecular weight is 819 g/mol. The van der Waals surface area contributed by atoms with Gasteiger partial charge in [0.1, 0.15) is 22.3 Å². The molecule has 13 rings (SSSR count). The Morgan fingerprint density at radius 1 is 0.328 bits per heavy atom. The van der Waals surface area contributed by atoms with E-state index in [1.165, 1.54) is 27.4 Å². The number of nitrogens with zero attached hydrogens (tertiary/aromatic N) is 2. The fourth-order valence-electron chi connectivity index (χ4n) is 9.80. The predicted molar refractivity (Wildman–Crippen MR) is 266 cm³/mol. The van der Waals surface area contributed by atoms with Crippen molar-refractivity contribution in [1.29, 1.82) is 0 Å². The molecule has 0 aliphatic carbocycles. The lowest BCUT2D eigenvalue weighted by Crippen LogP contribution is -2.10. The number of furan rings is 2. The number of hydrogen-bond acceptors (Lipinski definition) is 3. The molecule has 0 N–H and O–H groups in total.